The van der Waals surface area contributed by atoms with Crippen LogP contribution >= 0.6 is 27.3 Å². The van der Waals surface area contributed by atoms with Crippen LogP contribution < -0.4 is 5.32 Å². The van der Waals surface area contributed by atoms with Gasteiger partial charge in [0.25, 0.3) is 5.91 Å². The van der Waals surface area contributed by atoms with E-state index in [0.29, 0.717) is 16.7 Å². The molecule has 0 atom stereocenters. The minimum absolute atomic E-state index is 0.243. The zero-order chi connectivity index (χ0) is 13.1. The average molecular weight is 326 g/mol. The second-order valence-electron chi connectivity index (χ2n) is 4.05. The summed E-state index contributed by atoms with van der Waals surface area (Å²) in [6.07, 6.45) is 1.59. The zero-order valence-electron chi connectivity index (χ0n) is 9.98. The van der Waals surface area contributed by atoms with E-state index >= 15 is 0 Å². The molecule has 2 aromatic heterocycles. The Morgan fingerprint density at radius 1 is 1.44 bits per heavy atom. The van der Waals surface area contributed by atoms with Crippen LogP contribution in [0.5, 0.6) is 0 Å². The van der Waals surface area contributed by atoms with Crippen LogP contribution in [-0.2, 0) is 0 Å². The van der Waals surface area contributed by atoms with Gasteiger partial charge in [-0.15, -0.1) is 11.3 Å². The molecule has 0 saturated heterocycles. The molecule has 0 unspecified atom stereocenters. The molecule has 0 aliphatic heterocycles. The minimum Gasteiger partial charge on any atom is -0.296 e. The van der Waals surface area contributed by atoms with Crippen LogP contribution in [0.1, 0.15) is 35.9 Å². The third kappa shape index (κ3) is 3.14. The van der Waals surface area contributed by atoms with Crippen molar-refractivity contribution in [1.29, 1.82) is 0 Å². The first-order valence-electron chi connectivity index (χ1n) is 5.44. The number of carbonyl (C=O) groups excluding carboxylic acids is 1. The van der Waals surface area contributed by atoms with E-state index < -0.39 is 0 Å². The number of aromatic nitrogens is 2. The molecule has 94 valence electrons. The van der Waals surface area contributed by atoms with E-state index in [0.717, 1.165) is 10.2 Å². The standard InChI is InChI=1S/C12H12BrN3OS/c1-7(2)10-6-18-12(15-10)16-11(17)9-4-3-8(13)5-14-9/h3-7H,1-2H3,(H,15,16,17). The molecule has 6 heteroatoms. The molecule has 0 bridgehead atoms. The normalized spacial score (nSPS) is 10.7. The van der Waals surface area contributed by atoms with E-state index in [1.807, 2.05) is 5.38 Å². The van der Waals surface area contributed by atoms with Gasteiger partial charge in [-0.2, -0.15) is 0 Å². The Morgan fingerprint density at radius 3 is 2.78 bits per heavy atom. The molecule has 0 radical (unpaired) electrons. The van der Waals surface area contributed by atoms with Crippen molar-refractivity contribution in [2.45, 2.75) is 19.8 Å². The summed E-state index contributed by atoms with van der Waals surface area (Å²) < 4.78 is 0.843. The van der Waals surface area contributed by atoms with Gasteiger partial charge in [0, 0.05) is 16.0 Å². The predicted molar refractivity (Wildman–Crippen MR) is 76.1 cm³/mol. The highest BCUT2D eigenvalue weighted by Crippen LogP contribution is 2.21. The number of nitrogens with zero attached hydrogens (tertiary/aromatic N) is 2. The molecule has 0 aromatic carbocycles. The SMILES string of the molecule is CC(C)c1csc(NC(=O)c2ccc(Br)cn2)n1. The van der Waals surface area contributed by atoms with E-state index in [-0.39, 0.29) is 5.91 Å². The molecule has 2 heterocycles. The number of anilines is 1. The molecule has 2 aromatic rings. The van der Waals surface area contributed by atoms with Gasteiger partial charge in [0.05, 0.1) is 5.69 Å². The van der Waals surface area contributed by atoms with Gasteiger partial charge >= 0.3 is 0 Å². The van der Waals surface area contributed by atoms with Crippen molar-refractivity contribution in [2.75, 3.05) is 5.32 Å². The van der Waals surface area contributed by atoms with E-state index in [1.54, 1.807) is 18.3 Å². The Morgan fingerprint density at radius 2 is 2.22 bits per heavy atom. The Balaban J connectivity index is 2.08. The molecule has 0 spiro atoms. The number of nitrogens with one attached hydrogen (secondary N) is 1. The van der Waals surface area contributed by atoms with Crippen LogP contribution in [0.2, 0.25) is 0 Å². The fourth-order valence-electron chi connectivity index (χ4n) is 1.28. The molecular formula is C12H12BrN3OS. The van der Waals surface area contributed by atoms with E-state index in [9.17, 15) is 4.79 Å². The molecule has 0 aliphatic carbocycles. The molecule has 4 nitrogen and oxygen atoms in total. The van der Waals surface area contributed by atoms with Crippen molar-refractivity contribution in [2.24, 2.45) is 0 Å². The quantitative estimate of drug-likeness (QED) is 0.936. The first kappa shape index (κ1) is 13.2. The Bertz CT molecular complexity index is 551. The van der Waals surface area contributed by atoms with E-state index in [4.69, 9.17) is 0 Å². The highest BCUT2D eigenvalue weighted by Gasteiger charge is 2.11. The molecule has 0 fully saturated rings. The Hall–Kier alpha value is -1.27. The van der Waals surface area contributed by atoms with Crippen LogP contribution in [0.3, 0.4) is 0 Å². The average Bonchev–Trinajstić information content (AvgIpc) is 2.78. The number of rotatable bonds is 3. The second-order valence-corrected chi connectivity index (χ2v) is 5.82. The topological polar surface area (TPSA) is 54.9 Å². The molecule has 18 heavy (non-hydrogen) atoms. The van der Waals surface area contributed by atoms with Crippen molar-refractivity contribution < 1.29 is 4.79 Å². The lowest BCUT2D eigenvalue weighted by molar-refractivity contribution is 0.102. The van der Waals surface area contributed by atoms with Gasteiger partial charge in [-0.3, -0.25) is 10.1 Å². The summed E-state index contributed by atoms with van der Waals surface area (Å²) in [5, 5.41) is 5.30. The number of carbonyl (C=O) groups is 1. The fourth-order valence-corrected chi connectivity index (χ4v) is 2.38. The zero-order valence-corrected chi connectivity index (χ0v) is 12.4. The van der Waals surface area contributed by atoms with Crippen molar-refractivity contribution in [1.82, 2.24) is 9.97 Å². The summed E-state index contributed by atoms with van der Waals surface area (Å²) in [4.78, 5) is 20.3. The largest absolute Gasteiger partial charge is 0.296 e. The van der Waals surface area contributed by atoms with Crippen LogP contribution in [0.15, 0.2) is 28.2 Å². The van der Waals surface area contributed by atoms with Crippen LogP contribution in [-0.4, -0.2) is 15.9 Å². The first-order chi connectivity index (χ1) is 8.56. The highest BCUT2D eigenvalue weighted by atomic mass is 79.9. The van der Waals surface area contributed by atoms with Gasteiger partial charge < -0.3 is 0 Å². The summed E-state index contributed by atoms with van der Waals surface area (Å²) >= 11 is 4.70. The number of halogens is 1. The maximum absolute atomic E-state index is 11.9. The van der Waals surface area contributed by atoms with Crippen LogP contribution in [0.25, 0.3) is 0 Å². The van der Waals surface area contributed by atoms with Crippen LogP contribution in [0.4, 0.5) is 5.13 Å². The van der Waals surface area contributed by atoms with Gasteiger partial charge in [0.2, 0.25) is 0 Å². The van der Waals surface area contributed by atoms with Crippen LogP contribution in [0, 0.1) is 0 Å². The number of hydrogen-bond acceptors (Lipinski definition) is 4. The molecular weight excluding hydrogens is 314 g/mol. The number of amides is 1. The molecule has 2 rings (SSSR count). The van der Waals surface area contributed by atoms with Crippen molar-refractivity contribution in [3.8, 4) is 0 Å². The Labute approximate surface area is 118 Å². The molecule has 0 aliphatic rings. The van der Waals surface area contributed by atoms with Crippen molar-refractivity contribution in [3.05, 3.63) is 39.6 Å². The fraction of sp³-hybridized carbons (Fsp3) is 0.250. The summed E-state index contributed by atoms with van der Waals surface area (Å²) in [5.41, 5.74) is 1.36. The summed E-state index contributed by atoms with van der Waals surface area (Å²) in [7, 11) is 0. The molecule has 1 N–H and O–H groups in total. The summed E-state index contributed by atoms with van der Waals surface area (Å²) in [5.74, 6) is 0.116. The summed E-state index contributed by atoms with van der Waals surface area (Å²) in [6, 6.07) is 3.44. The van der Waals surface area contributed by atoms with Gasteiger partial charge in [-0.25, -0.2) is 9.97 Å². The lowest BCUT2D eigenvalue weighted by Gasteiger charge is -2.01. The smallest absolute Gasteiger partial charge is 0.276 e. The number of pyridine rings is 1. The lowest BCUT2D eigenvalue weighted by atomic mass is 10.2. The van der Waals surface area contributed by atoms with E-state index in [1.165, 1.54) is 11.3 Å². The van der Waals surface area contributed by atoms with E-state index in [2.05, 4.69) is 45.1 Å². The first-order valence-corrected chi connectivity index (χ1v) is 7.12. The van der Waals surface area contributed by atoms with Gasteiger partial charge in [-0.05, 0) is 34.0 Å². The predicted octanol–water partition coefficient (Wildman–Crippen LogP) is 3.68. The third-order valence-electron chi connectivity index (χ3n) is 2.29. The summed E-state index contributed by atoms with van der Waals surface area (Å²) in [6.45, 7) is 4.13. The number of thiazole rings is 1. The number of hydrogen-bond donors (Lipinski definition) is 1. The molecule has 1 amide bonds. The lowest BCUT2D eigenvalue weighted by Crippen LogP contribution is -2.13. The maximum atomic E-state index is 11.9. The van der Waals surface area contributed by atoms with Gasteiger partial charge in [0.1, 0.15) is 5.69 Å². The Kier molecular flexibility index (Phi) is 4.08. The van der Waals surface area contributed by atoms with Gasteiger partial charge in [-0.1, -0.05) is 13.8 Å². The van der Waals surface area contributed by atoms with Crippen molar-refractivity contribution in [3.63, 3.8) is 0 Å². The highest BCUT2D eigenvalue weighted by molar-refractivity contribution is 9.10. The van der Waals surface area contributed by atoms with Gasteiger partial charge in [0.15, 0.2) is 5.13 Å². The second kappa shape index (κ2) is 5.58. The minimum atomic E-state index is -0.243. The van der Waals surface area contributed by atoms with Crippen molar-refractivity contribution >= 4 is 38.3 Å². The third-order valence-corrected chi connectivity index (χ3v) is 3.54. The maximum Gasteiger partial charge on any atom is 0.276 e. The monoisotopic (exact) mass is 325 g/mol. The molecule has 0 saturated carbocycles.